The van der Waals surface area contributed by atoms with Crippen LogP contribution in [-0.2, 0) is 9.53 Å². The molecule has 6 nitrogen and oxygen atoms in total. The van der Waals surface area contributed by atoms with Crippen LogP contribution in [0.15, 0.2) is 54.6 Å². The first kappa shape index (κ1) is 24.3. The van der Waals surface area contributed by atoms with Crippen molar-refractivity contribution in [1.29, 1.82) is 0 Å². The van der Waals surface area contributed by atoms with E-state index in [4.69, 9.17) is 16.3 Å². The number of fused-ring (bicyclic) bond motifs is 1. The molecule has 4 atom stereocenters. The van der Waals surface area contributed by atoms with Gasteiger partial charge in [0.1, 0.15) is 6.04 Å². The first-order chi connectivity index (χ1) is 17.1. The van der Waals surface area contributed by atoms with Gasteiger partial charge in [-0.25, -0.2) is 0 Å². The quantitative estimate of drug-likeness (QED) is 0.649. The second-order valence-electron chi connectivity index (χ2n) is 9.87. The monoisotopic (exact) mass is 495 g/mol. The van der Waals surface area contributed by atoms with Gasteiger partial charge in [-0.05, 0) is 48.9 Å². The Labute approximate surface area is 212 Å². The Balaban J connectivity index is 1.35. The van der Waals surface area contributed by atoms with E-state index >= 15 is 0 Å². The predicted molar refractivity (Wildman–Crippen MR) is 136 cm³/mol. The molecule has 0 aromatic heterocycles. The molecule has 0 bridgehead atoms. The van der Waals surface area contributed by atoms with Gasteiger partial charge in [-0.1, -0.05) is 60.8 Å². The molecule has 3 aliphatic rings. The van der Waals surface area contributed by atoms with Gasteiger partial charge >= 0.3 is 0 Å². The summed E-state index contributed by atoms with van der Waals surface area (Å²) in [5.41, 5.74) is 1.66. The SMILES string of the molecule is O=C(NCC(c1ccccc1Cl)N1CCOCC1)C1CC2CCCCC2N1C(=O)c1ccccc1. The molecule has 3 fully saturated rings. The summed E-state index contributed by atoms with van der Waals surface area (Å²) in [5, 5.41) is 3.92. The van der Waals surface area contributed by atoms with Gasteiger partial charge in [0.25, 0.3) is 5.91 Å². The lowest BCUT2D eigenvalue weighted by Crippen LogP contribution is -2.51. The molecule has 0 spiro atoms. The zero-order valence-corrected chi connectivity index (χ0v) is 20.8. The van der Waals surface area contributed by atoms with Gasteiger partial charge in [0.2, 0.25) is 5.91 Å². The predicted octanol–water partition coefficient (Wildman–Crippen LogP) is 4.30. The van der Waals surface area contributed by atoms with Crippen molar-refractivity contribution in [2.24, 2.45) is 5.92 Å². The zero-order valence-electron chi connectivity index (χ0n) is 20.1. The van der Waals surface area contributed by atoms with Crippen molar-refractivity contribution in [3.8, 4) is 0 Å². The van der Waals surface area contributed by atoms with Crippen molar-refractivity contribution < 1.29 is 14.3 Å². The van der Waals surface area contributed by atoms with Crippen molar-refractivity contribution in [1.82, 2.24) is 15.1 Å². The first-order valence-corrected chi connectivity index (χ1v) is 13.2. The molecule has 2 heterocycles. The van der Waals surface area contributed by atoms with E-state index in [1.165, 1.54) is 6.42 Å². The van der Waals surface area contributed by atoms with E-state index in [0.29, 0.717) is 36.3 Å². The minimum atomic E-state index is -0.438. The van der Waals surface area contributed by atoms with Crippen LogP contribution < -0.4 is 5.32 Å². The van der Waals surface area contributed by atoms with Crippen LogP contribution in [0.25, 0.3) is 0 Å². The van der Waals surface area contributed by atoms with Gasteiger partial charge in [-0.2, -0.15) is 0 Å². The van der Waals surface area contributed by atoms with Crippen LogP contribution in [0.4, 0.5) is 0 Å². The molecule has 2 aromatic carbocycles. The van der Waals surface area contributed by atoms with E-state index < -0.39 is 6.04 Å². The topological polar surface area (TPSA) is 61.9 Å². The number of morpholine rings is 1. The lowest BCUT2D eigenvalue weighted by Gasteiger charge is -2.36. The molecular weight excluding hydrogens is 462 g/mol. The van der Waals surface area contributed by atoms with Crippen LogP contribution >= 0.6 is 11.6 Å². The fourth-order valence-corrected chi connectivity index (χ4v) is 6.36. The largest absolute Gasteiger partial charge is 0.379 e. The number of amides is 2. The Bertz CT molecular complexity index is 1030. The van der Waals surface area contributed by atoms with E-state index in [0.717, 1.165) is 44.3 Å². The lowest BCUT2D eigenvalue weighted by molar-refractivity contribution is -0.125. The molecule has 4 unspecified atom stereocenters. The number of halogens is 1. The molecule has 0 radical (unpaired) electrons. The molecule has 186 valence electrons. The van der Waals surface area contributed by atoms with Gasteiger partial charge < -0.3 is 15.0 Å². The van der Waals surface area contributed by atoms with E-state index in [9.17, 15) is 9.59 Å². The number of hydrogen-bond acceptors (Lipinski definition) is 4. The van der Waals surface area contributed by atoms with E-state index in [-0.39, 0.29) is 23.9 Å². The highest BCUT2D eigenvalue weighted by Gasteiger charge is 2.47. The molecular formula is C28H34ClN3O3. The standard InChI is InChI=1S/C28H34ClN3O3/c29-23-12-6-5-11-22(23)26(31-14-16-35-17-15-31)19-30-27(33)25-18-21-10-4-7-13-24(21)32(25)28(34)20-8-2-1-3-9-20/h1-3,5-6,8-9,11-12,21,24-26H,4,7,10,13-19H2,(H,30,33). The maximum absolute atomic E-state index is 13.7. The molecule has 7 heteroatoms. The lowest BCUT2D eigenvalue weighted by atomic mass is 9.84. The number of nitrogens with zero attached hydrogens (tertiary/aromatic N) is 2. The number of nitrogens with one attached hydrogen (secondary N) is 1. The molecule has 5 rings (SSSR count). The van der Waals surface area contributed by atoms with Gasteiger partial charge in [-0.15, -0.1) is 0 Å². The van der Waals surface area contributed by atoms with Crippen molar-refractivity contribution >= 4 is 23.4 Å². The third-order valence-electron chi connectivity index (χ3n) is 7.87. The van der Waals surface area contributed by atoms with Crippen LogP contribution in [0.2, 0.25) is 5.02 Å². The molecule has 1 saturated carbocycles. The Kier molecular flexibility index (Phi) is 7.71. The van der Waals surface area contributed by atoms with Crippen LogP contribution in [0.3, 0.4) is 0 Å². The number of carbonyl (C=O) groups is 2. The van der Waals surface area contributed by atoms with E-state index in [2.05, 4.69) is 10.2 Å². The summed E-state index contributed by atoms with van der Waals surface area (Å²) in [6, 6.07) is 16.9. The Morgan fingerprint density at radius 3 is 2.49 bits per heavy atom. The average Bonchev–Trinajstić information content (AvgIpc) is 3.30. The van der Waals surface area contributed by atoms with E-state index in [1.807, 2.05) is 59.5 Å². The van der Waals surface area contributed by atoms with Crippen molar-refractivity contribution in [2.45, 2.75) is 50.2 Å². The fourth-order valence-electron chi connectivity index (χ4n) is 6.10. The van der Waals surface area contributed by atoms with Crippen molar-refractivity contribution in [2.75, 3.05) is 32.8 Å². The molecule has 1 aliphatic carbocycles. The van der Waals surface area contributed by atoms with Crippen LogP contribution in [0.5, 0.6) is 0 Å². The van der Waals surface area contributed by atoms with Gasteiger partial charge in [-0.3, -0.25) is 14.5 Å². The highest BCUT2D eigenvalue weighted by Crippen LogP contribution is 2.40. The summed E-state index contributed by atoms with van der Waals surface area (Å²) in [6.45, 7) is 3.36. The maximum Gasteiger partial charge on any atom is 0.254 e. The number of carbonyl (C=O) groups excluding carboxylic acids is 2. The molecule has 2 aliphatic heterocycles. The summed E-state index contributed by atoms with van der Waals surface area (Å²) < 4.78 is 5.55. The third-order valence-corrected chi connectivity index (χ3v) is 8.21. The highest BCUT2D eigenvalue weighted by atomic mass is 35.5. The summed E-state index contributed by atoms with van der Waals surface area (Å²) in [6.07, 6.45) is 5.09. The highest BCUT2D eigenvalue weighted by molar-refractivity contribution is 6.31. The Morgan fingerprint density at radius 2 is 1.71 bits per heavy atom. The minimum Gasteiger partial charge on any atom is -0.379 e. The first-order valence-electron chi connectivity index (χ1n) is 12.8. The second-order valence-corrected chi connectivity index (χ2v) is 10.3. The number of benzene rings is 2. The smallest absolute Gasteiger partial charge is 0.254 e. The maximum atomic E-state index is 13.7. The minimum absolute atomic E-state index is 0.0315. The summed E-state index contributed by atoms with van der Waals surface area (Å²) >= 11 is 6.57. The Morgan fingerprint density at radius 1 is 1.00 bits per heavy atom. The van der Waals surface area contributed by atoms with Crippen LogP contribution in [0, 0.1) is 5.92 Å². The summed E-state index contributed by atoms with van der Waals surface area (Å²) in [4.78, 5) is 31.5. The zero-order chi connectivity index (χ0) is 24.2. The summed E-state index contributed by atoms with van der Waals surface area (Å²) in [7, 11) is 0. The second kappa shape index (κ2) is 11.1. The van der Waals surface area contributed by atoms with Gasteiger partial charge in [0.15, 0.2) is 0 Å². The number of ether oxygens (including phenoxy) is 1. The van der Waals surface area contributed by atoms with Crippen molar-refractivity contribution in [3.05, 3.63) is 70.7 Å². The van der Waals surface area contributed by atoms with Crippen LogP contribution in [-0.4, -0.2) is 66.5 Å². The van der Waals surface area contributed by atoms with Crippen molar-refractivity contribution in [3.63, 3.8) is 0 Å². The van der Waals surface area contributed by atoms with Crippen LogP contribution in [0.1, 0.15) is 54.1 Å². The fraction of sp³-hybridized carbons (Fsp3) is 0.500. The molecule has 1 N–H and O–H groups in total. The average molecular weight is 496 g/mol. The normalized spacial score (nSPS) is 25.6. The Hall–Kier alpha value is -2.41. The van der Waals surface area contributed by atoms with E-state index in [1.54, 1.807) is 0 Å². The summed E-state index contributed by atoms with van der Waals surface area (Å²) in [5.74, 6) is 0.302. The molecule has 2 amide bonds. The number of hydrogen-bond donors (Lipinski definition) is 1. The third kappa shape index (κ3) is 5.25. The van der Waals surface area contributed by atoms with Gasteiger partial charge in [0.05, 0.1) is 19.3 Å². The molecule has 35 heavy (non-hydrogen) atoms. The molecule has 2 saturated heterocycles. The number of likely N-dealkylation sites (tertiary alicyclic amines) is 1. The van der Waals surface area contributed by atoms with Gasteiger partial charge in [0, 0.05) is 36.3 Å². The molecule has 2 aromatic rings. The number of rotatable bonds is 6.